The van der Waals surface area contributed by atoms with Crippen LogP contribution in [0.3, 0.4) is 0 Å². The Morgan fingerprint density at radius 3 is 3.11 bits per heavy atom. The summed E-state index contributed by atoms with van der Waals surface area (Å²) < 4.78 is 12.9. The van der Waals surface area contributed by atoms with Crippen molar-refractivity contribution in [2.75, 3.05) is 13.7 Å². The molecular weight excluding hydrogens is 228 g/mol. The van der Waals surface area contributed by atoms with Crippen LogP contribution in [-0.2, 0) is 17.8 Å². The van der Waals surface area contributed by atoms with Crippen LogP contribution < -0.4 is 4.74 Å². The number of hydrogen-bond donors (Lipinski definition) is 0. The van der Waals surface area contributed by atoms with Gasteiger partial charge in [0, 0.05) is 0 Å². The Kier molecular flexibility index (Phi) is 2.80. The molecule has 94 valence electrons. The van der Waals surface area contributed by atoms with Gasteiger partial charge in [-0.3, -0.25) is 0 Å². The zero-order chi connectivity index (χ0) is 12.5. The smallest absolute Gasteiger partial charge is 0.144 e. The van der Waals surface area contributed by atoms with E-state index in [2.05, 4.69) is 18.1 Å². The maximum atomic E-state index is 5.53. The molecule has 0 saturated heterocycles. The first-order valence-electron chi connectivity index (χ1n) is 6.08. The van der Waals surface area contributed by atoms with Crippen LogP contribution in [0.25, 0.3) is 5.69 Å². The fourth-order valence-corrected chi connectivity index (χ4v) is 2.38. The van der Waals surface area contributed by atoms with Crippen LogP contribution in [0.2, 0.25) is 0 Å². The lowest BCUT2D eigenvalue weighted by atomic mass is 10.1. The van der Waals surface area contributed by atoms with E-state index < -0.39 is 0 Å². The molecule has 0 saturated carbocycles. The third kappa shape index (κ3) is 1.69. The van der Waals surface area contributed by atoms with Crippen molar-refractivity contribution in [2.45, 2.75) is 20.0 Å². The van der Waals surface area contributed by atoms with Gasteiger partial charge in [0.25, 0.3) is 0 Å². The van der Waals surface area contributed by atoms with Crippen molar-refractivity contribution < 1.29 is 9.47 Å². The number of aryl methyl sites for hydroxylation is 1. The zero-order valence-corrected chi connectivity index (χ0v) is 10.6. The molecule has 0 fully saturated rings. The molecular formula is C14H16N2O2. The number of nitrogens with zero attached hydrogens (tertiary/aromatic N) is 2. The number of fused-ring (bicyclic) bond motifs is 1. The number of aromatic nitrogens is 2. The SMILES string of the molecule is COc1cccc(C)c1-n1ncc2c1COCC2. The number of benzene rings is 1. The molecule has 0 aliphatic carbocycles. The van der Waals surface area contributed by atoms with Crippen molar-refractivity contribution in [1.29, 1.82) is 0 Å². The Balaban J connectivity index is 2.18. The van der Waals surface area contributed by atoms with Crippen LogP contribution in [0.15, 0.2) is 24.4 Å². The average Bonchev–Trinajstić information content (AvgIpc) is 2.82. The van der Waals surface area contributed by atoms with Gasteiger partial charge < -0.3 is 9.47 Å². The molecule has 1 aliphatic heterocycles. The van der Waals surface area contributed by atoms with Crippen LogP contribution >= 0.6 is 0 Å². The summed E-state index contributed by atoms with van der Waals surface area (Å²) in [5, 5.41) is 4.49. The second-order valence-electron chi connectivity index (χ2n) is 4.46. The Hall–Kier alpha value is -1.81. The van der Waals surface area contributed by atoms with Crippen molar-refractivity contribution >= 4 is 0 Å². The Morgan fingerprint density at radius 1 is 1.39 bits per heavy atom. The van der Waals surface area contributed by atoms with E-state index in [1.54, 1.807) is 7.11 Å². The minimum absolute atomic E-state index is 0.618. The topological polar surface area (TPSA) is 36.3 Å². The van der Waals surface area contributed by atoms with E-state index in [-0.39, 0.29) is 0 Å². The fourth-order valence-electron chi connectivity index (χ4n) is 2.38. The minimum Gasteiger partial charge on any atom is -0.494 e. The van der Waals surface area contributed by atoms with Crippen LogP contribution in [0, 0.1) is 6.92 Å². The van der Waals surface area contributed by atoms with Crippen molar-refractivity contribution in [3.63, 3.8) is 0 Å². The number of para-hydroxylation sites is 1. The maximum Gasteiger partial charge on any atom is 0.144 e. The van der Waals surface area contributed by atoms with Gasteiger partial charge in [-0.15, -0.1) is 0 Å². The summed E-state index contributed by atoms with van der Waals surface area (Å²) >= 11 is 0. The lowest BCUT2D eigenvalue weighted by Crippen LogP contribution is -2.13. The normalized spacial score (nSPS) is 14.3. The number of hydrogen-bond acceptors (Lipinski definition) is 3. The zero-order valence-electron chi connectivity index (χ0n) is 10.6. The Morgan fingerprint density at radius 2 is 2.28 bits per heavy atom. The van der Waals surface area contributed by atoms with Crippen LogP contribution in [0.5, 0.6) is 5.75 Å². The number of rotatable bonds is 2. The summed E-state index contributed by atoms with van der Waals surface area (Å²) in [6.07, 6.45) is 2.87. The summed E-state index contributed by atoms with van der Waals surface area (Å²) in [4.78, 5) is 0. The van der Waals surface area contributed by atoms with Crippen molar-refractivity contribution in [2.24, 2.45) is 0 Å². The second kappa shape index (κ2) is 4.46. The van der Waals surface area contributed by atoms with Gasteiger partial charge in [-0.1, -0.05) is 12.1 Å². The molecule has 1 aromatic carbocycles. The summed E-state index contributed by atoms with van der Waals surface area (Å²) in [6.45, 7) is 3.46. The predicted octanol–water partition coefficient (Wildman–Crippen LogP) is 2.26. The molecule has 0 N–H and O–H groups in total. The highest BCUT2D eigenvalue weighted by Gasteiger charge is 2.19. The first-order chi connectivity index (χ1) is 8.81. The molecule has 2 aromatic rings. The molecule has 4 heteroatoms. The van der Waals surface area contributed by atoms with Gasteiger partial charge in [-0.25, -0.2) is 4.68 Å². The van der Waals surface area contributed by atoms with Crippen molar-refractivity contribution in [3.8, 4) is 11.4 Å². The van der Waals surface area contributed by atoms with Crippen LogP contribution in [0.4, 0.5) is 0 Å². The third-order valence-electron chi connectivity index (χ3n) is 3.34. The average molecular weight is 244 g/mol. The lowest BCUT2D eigenvalue weighted by Gasteiger charge is -2.17. The van der Waals surface area contributed by atoms with E-state index in [1.807, 2.05) is 23.0 Å². The van der Waals surface area contributed by atoms with Crippen LogP contribution in [0.1, 0.15) is 16.8 Å². The Bertz CT molecular complexity index is 575. The van der Waals surface area contributed by atoms with Gasteiger partial charge in [0.15, 0.2) is 0 Å². The minimum atomic E-state index is 0.618. The highest BCUT2D eigenvalue weighted by molar-refractivity contribution is 5.53. The summed E-state index contributed by atoms with van der Waals surface area (Å²) in [5.74, 6) is 0.839. The third-order valence-corrected chi connectivity index (χ3v) is 3.34. The van der Waals surface area contributed by atoms with Gasteiger partial charge in [0.05, 0.1) is 32.2 Å². The molecule has 4 nitrogen and oxygen atoms in total. The standard InChI is InChI=1S/C14H16N2O2/c1-10-4-3-5-13(17-2)14(10)16-12-9-18-7-6-11(12)8-15-16/h3-5,8H,6-7,9H2,1-2H3. The van der Waals surface area contributed by atoms with E-state index >= 15 is 0 Å². The van der Waals surface area contributed by atoms with E-state index in [9.17, 15) is 0 Å². The predicted molar refractivity (Wildman–Crippen MR) is 68.2 cm³/mol. The molecule has 1 aliphatic rings. The molecule has 0 radical (unpaired) electrons. The first-order valence-corrected chi connectivity index (χ1v) is 6.08. The molecule has 0 spiro atoms. The number of methoxy groups -OCH3 is 1. The second-order valence-corrected chi connectivity index (χ2v) is 4.46. The monoisotopic (exact) mass is 244 g/mol. The molecule has 2 heterocycles. The molecule has 18 heavy (non-hydrogen) atoms. The van der Waals surface area contributed by atoms with Crippen LogP contribution in [-0.4, -0.2) is 23.5 Å². The molecule has 0 unspecified atom stereocenters. The largest absolute Gasteiger partial charge is 0.494 e. The van der Waals surface area contributed by atoms with Crippen molar-refractivity contribution in [1.82, 2.24) is 9.78 Å². The van der Waals surface area contributed by atoms with E-state index in [1.165, 1.54) is 5.56 Å². The highest BCUT2D eigenvalue weighted by Crippen LogP contribution is 2.29. The molecule has 0 bridgehead atoms. The molecule has 0 atom stereocenters. The number of ether oxygens (including phenoxy) is 2. The van der Waals surface area contributed by atoms with E-state index in [0.29, 0.717) is 6.61 Å². The van der Waals surface area contributed by atoms with Crippen molar-refractivity contribution in [3.05, 3.63) is 41.2 Å². The van der Waals surface area contributed by atoms with Gasteiger partial charge in [-0.05, 0) is 30.5 Å². The fraction of sp³-hybridized carbons (Fsp3) is 0.357. The molecule has 1 aromatic heterocycles. The quantitative estimate of drug-likeness (QED) is 0.813. The van der Waals surface area contributed by atoms with Gasteiger partial charge in [0.2, 0.25) is 0 Å². The lowest BCUT2D eigenvalue weighted by molar-refractivity contribution is 0.106. The molecule has 3 rings (SSSR count). The maximum absolute atomic E-state index is 5.53. The Labute approximate surface area is 106 Å². The summed E-state index contributed by atoms with van der Waals surface area (Å²) in [6, 6.07) is 6.01. The van der Waals surface area contributed by atoms with E-state index in [0.717, 1.165) is 35.7 Å². The molecule has 0 amide bonds. The van der Waals surface area contributed by atoms with Gasteiger partial charge in [-0.2, -0.15) is 5.10 Å². The van der Waals surface area contributed by atoms with Gasteiger partial charge in [0.1, 0.15) is 11.4 Å². The summed E-state index contributed by atoms with van der Waals surface area (Å²) in [5.41, 5.74) is 4.55. The highest BCUT2D eigenvalue weighted by atomic mass is 16.5. The first kappa shape index (κ1) is 11.3. The van der Waals surface area contributed by atoms with Gasteiger partial charge >= 0.3 is 0 Å². The summed E-state index contributed by atoms with van der Waals surface area (Å²) in [7, 11) is 1.69. The van der Waals surface area contributed by atoms with E-state index in [4.69, 9.17) is 9.47 Å².